The maximum absolute atomic E-state index is 13.5. The number of amides is 2. The van der Waals surface area contributed by atoms with Gasteiger partial charge in [-0.3, -0.25) is 19.5 Å². The number of hydrogen-bond acceptors (Lipinski definition) is 6. The fourth-order valence-corrected chi connectivity index (χ4v) is 3.83. The molecule has 2 aromatic heterocycles. The average Bonchev–Trinajstić information content (AvgIpc) is 3.31. The zero-order chi connectivity index (χ0) is 21.0. The van der Waals surface area contributed by atoms with Crippen LogP contribution in [0.1, 0.15) is 42.6 Å². The van der Waals surface area contributed by atoms with E-state index in [9.17, 15) is 22.8 Å². The molecule has 0 unspecified atom stereocenters. The number of halogens is 3. The van der Waals surface area contributed by atoms with Crippen LogP contribution < -0.4 is 10.6 Å². The van der Waals surface area contributed by atoms with Gasteiger partial charge < -0.3 is 10.6 Å². The number of likely N-dealkylation sites (tertiary alicyclic amines) is 1. The second-order valence-electron chi connectivity index (χ2n) is 6.69. The number of nitrogens with one attached hydrogen (secondary N) is 2. The summed E-state index contributed by atoms with van der Waals surface area (Å²) in [4.78, 5) is 33.3. The van der Waals surface area contributed by atoms with E-state index in [2.05, 4.69) is 20.6 Å². The molecule has 2 aromatic rings. The Labute approximate surface area is 169 Å². The van der Waals surface area contributed by atoms with Crippen molar-refractivity contribution in [3.8, 4) is 0 Å². The van der Waals surface area contributed by atoms with E-state index < -0.39 is 17.6 Å². The fraction of sp³-hybridized carbons (Fsp3) is 0.444. The molecule has 11 heteroatoms. The number of anilines is 1. The molecule has 29 heavy (non-hydrogen) atoms. The van der Waals surface area contributed by atoms with E-state index in [1.54, 1.807) is 11.6 Å². The molecule has 3 rings (SSSR count). The van der Waals surface area contributed by atoms with E-state index >= 15 is 0 Å². The smallest absolute Gasteiger partial charge is 0.352 e. The van der Waals surface area contributed by atoms with Gasteiger partial charge in [-0.2, -0.15) is 13.2 Å². The molecule has 0 saturated carbocycles. The topological polar surface area (TPSA) is 87.2 Å². The lowest BCUT2D eigenvalue weighted by Crippen LogP contribution is -2.33. The van der Waals surface area contributed by atoms with Crippen molar-refractivity contribution in [3.05, 3.63) is 40.7 Å². The molecule has 2 amide bonds. The Morgan fingerprint density at radius 1 is 1.34 bits per heavy atom. The quantitative estimate of drug-likeness (QED) is 0.740. The van der Waals surface area contributed by atoms with Gasteiger partial charge in [-0.15, -0.1) is 11.3 Å². The SMILES string of the molecule is CC(=O)NCc1cnc([C@H]2CCCN2CC(=O)Nc2nccs2)cc1C(F)(F)F. The van der Waals surface area contributed by atoms with Crippen molar-refractivity contribution in [3.63, 3.8) is 0 Å². The molecule has 1 fully saturated rings. The standard InChI is InChI=1S/C18H20F3N5O2S/c1-11(27)23-8-12-9-24-14(7-13(12)18(19,20)21)15-3-2-5-26(15)10-16(28)25-17-22-4-6-29-17/h4,6-7,9,15H,2-3,5,8,10H2,1H3,(H,23,27)(H,22,25,28)/t15-/m1/s1. The predicted octanol–water partition coefficient (Wildman–Crippen LogP) is 2.97. The number of rotatable bonds is 6. The van der Waals surface area contributed by atoms with Crippen LogP contribution in [0.2, 0.25) is 0 Å². The number of alkyl halides is 3. The second kappa shape index (κ2) is 8.87. The lowest BCUT2D eigenvalue weighted by Gasteiger charge is -2.24. The highest BCUT2D eigenvalue weighted by atomic mass is 32.1. The molecule has 0 aliphatic carbocycles. The summed E-state index contributed by atoms with van der Waals surface area (Å²) in [5.41, 5.74) is -0.652. The van der Waals surface area contributed by atoms with Crippen molar-refractivity contribution in [1.82, 2.24) is 20.2 Å². The molecule has 1 saturated heterocycles. The van der Waals surface area contributed by atoms with Crippen molar-refractivity contribution in [2.75, 3.05) is 18.4 Å². The number of nitrogens with zero attached hydrogens (tertiary/aromatic N) is 3. The van der Waals surface area contributed by atoms with E-state index in [0.29, 0.717) is 18.1 Å². The molecule has 1 aliphatic heterocycles. The summed E-state index contributed by atoms with van der Waals surface area (Å²) in [5.74, 6) is -0.694. The Hall–Kier alpha value is -2.53. The third kappa shape index (κ3) is 5.51. The van der Waals surface area contributed by atoms with Gasteiger partial charge in [0.15, 0.2) is 5.13 Å². The van der Waals surface area contributed by atoms with E-state index in [0.717, 1.165) is 18.7 Å². The zero-order valence-electron chi connectivity index (χ0n) is 15.6. The molecular weight excluding hydrogens is 407 g/mol. The van der Waals surface area contributed by atoms with Gasteiger partial charge in [-0.1, -0.05) is 0 Å². The number of carbonyl (C=O) groups is 2. The van der Waals surface area contributed by atoms with Crippen LogP contribution in [-0.4, -0.2) is 39.8 Å². The molecule has 1 aliphatic rings. The van der Waals surface area contributed by atoms with Crippen LogP contribution in [0.5, 0.6) is 0 Å². The molecule has 0 spiro atoms. The fourth-order valence-electron chi connectivity index (χ4n) is 3.29. The van der Waals surface area contributed by atoms with Gasteiger partial charge in [-0.05, 0) is 25.5 Å². The highest BCUT2D eigenvalue weighted by molar-refractivity contribution is 7.13. The number of thiazole rings is 1. The lowest BCUT2D eigenvalue weighted by molar-refractivity contribution is -0.138. The average molecular weight is 427 g/mol. The molecule has 3 heterocycles. The van der Waals surface area contributed by atoms with Gasteiger partial charge >= 0.3 is 6.18 Å². The normalized spacial score (nSPS) is 17.3. The summed E-state index contributed by atoms with van der Waals surface area (Å²) in [6.07, 6.45) is -0.479. The van der Waals surface area contributed by atoms with E-state index in [4.69, 9.17) is 0 Å². The van der Waals surface area contributed by atoms with Crippen LogP contribution in [0.15, 0.2) is 23.8 Å². The first-order valence-electron chi connectivity index (χ1n) is 8.98. The van der Waals surface area contributed by atoms with E-state index in [-0.39, 0.29) is 36.3 Å². The first-order chi connectivity index (χ1) is 13.7. The highest BCUT2D eigenvalue weighted by Gasteiger charge is 2.36. The zero-order valence-corrected chi connectivity index (χ0v) is 16.4. The molecular formula is C18H20F3N5O2S. The largest absolute Gasteiger partial charge is 0.416 e. The third-order valence-corrected chi connectivity index (χ3v) is 5.26. The number of hydrogen-bond donors (Lipinski definition) is 2. The summed E-state index contributed by atoms with van der Waals surface area (Å²) in [6, 6.07) is 0.645. The predicted molar refractivity (Wildman–Crippen MR) is 101 cm³/mol. The van der Waals surface area contributed by atoms with Crippen molar-refractivity contribution in [2.24, 2.45) is 0 Å². The van der Waals surface area contributed by atoms with Gasteiger partial charge in [0.1, 0.15) is 0 Å². The highest BCUT2D eigenvalue weighted by Crippen LogP contribution is 2.36. The van der Waals surface area contributed by atoms with Crippen LogP contribution in [0, 0.1) is 0 Å². The Kier molecular flexibility index (Phi) is 6.48. The van der Waals surface area contributed by atoms with E-state index in [1.807, 2.05) is 4.90 Å². The van der Waals surface area contributed by atoms with Crippen LogP contribution in [0.3, 0.4) is 0 Å². The van der Waals surface area contributed by atoms with Crippen molar-refractivity contribution in [1.29, 1.82) is 0 Å². The summed E-state index contributed by atoms with van der Waals surface area (Å²) >= 11 is 1.29. The van der Waals surface area contributed by atoms with Gasteiger partial charge in [0, 0.05) is 36.8 Å². The summed E-state index contributed by atoms with van der Waals surface area (Å²) in [7, 11) is 0. The molecule has 0 radical (unpaired) electrons. The Balaban J connectivity index is 1.77. The Morgan fingerprint density at radius 3 is 2.79 bits per heavy atom. The minimum Gasteiger partial charge on any atom is -0.352 e. The Bertz CT molecular complexity index is 873. The summed E-state index contributed by atoms with van der Waals surface area (Å²) in [5, 5.41) is 7.26. The van der Waals surface area contributed by atoms with Crippen molar-refractivity contribution < 1.29 is 22.8 Å². The van der Waals surface area contributed by atoms with Crippen molar-refractivity contribution in [2.45, 2.75) is 38.5 Å². The van der Waals surface area contributed by atoms with Gasteiger partial charge in [-0.25, -0.2) is 4.98 Å². The first-order valence-corrected chi connectivity index (χ1v) is 9.86. The maximum Gasteiger partial charge on any atom is 0.416 e. The number of pyridine rings is 1. The third-order valence-electron chi connectivity index (χ3n) is 4.57. The van der Waals surface area contributed by atoms with Crippen LogP contribution in [0.25, 0.3) is 0 Å². The minimum absolute atomic E-state index is 0.0426. The Morgan fingerprint density at radius 2 is 2.14 bits per heavy atom. The molecule has 2 N–H and O–H groups in total. The first kappa shape index (κ1) is 21.2. The van der Waals surface area contributed by atoms with Gasteiger partial charge in [0.2, 0.25) is 11.8 Å². The van der Waals surface area contributed by atoms with Gasteiger partial charge in [0.05, 0.1) is 23.8 Å². The molecule has 0 aromatic carbocycles. The minimum atomic E-state index is -4.57. The van der Waals surface area contributed by atoms with E-state index in [1.165, 1.54) is 18.3 Å². The lowest BCUT2D eigenvalue weighted by atomic mass is 10.0. The second-order valence-corrected chi connectivity index (χ2v) is 7.58. The van der Waals surface area contributed by atoms with Crippen LogP contribution >= 0.6 is 11.3 Å². The van der Waals surface area contributed by atoms with Crippen LogP contribution in [-0.2, 0) is 22.3 Å². The summed E-state index contributed by atoms with van der Waals surface area (Å²) < 4.78 is 40.6. The molecule has 0 bridgehead atoms. The number of carbonyl (C=O) groups excluding carboxylic acids is 2. The molecule has 7 nitrogen and oxygen atoms in total. The molecule has 156 valence electrons. The number of aromatic nitrogens is 2. The monoisotopic (exact) mass is 427 g/mol. The van der Waals surface area contributed by atoms with Gasteiger partial charge in [0.25, 0.3) is 0 Å². The summed E-state index contributed by atoms with van der Waals surface area (Å²) in [6.45, 7) is 1.62. The van der Waals surface area contributed by atoms with Crippen molar-refractivity contribution >= 4 is 28.3 Å². The maximum atomic E-state index is 13.5. The molecule has 1 atom stereocenters. The van der Waals surface area contributed by atoms with Crippen LogP contribution in [0.4, 0.5) is 18.3 Å².